The van der Waals surface area contributed by atoms with Crippen molar-refractivity contribution in [2.75, 3.05) is 39.3 Å². The van der Waals surface area contributed by atoms with Crippen molar-refractivity contribution >= 4 is 5.78 Å². The lowest BCUT2D eigenvalue weighted by molar-refractivity contribution is -0.310. The number of hydrogen-bond acceptors (Lipinski definition) is 23. The Balaban J connectivity index is 1.19. The summed E-state index contributed by atoms with van der Waals surface area (Å²) >= 11 is 0. The van der Waals surface area contributed by atoms with E-state index in [9.17, 15) is 50.8 Å². The first-order valence-corrected chi connectivity index (χ1v) is 19.7. The van der Waals surface area contributed by atoms with E-state index in [2.05, 4.69) is 10.6 Å². The SMILES string of the molecule is NC[C@@H]1O[C@H](O[C@H]2[C@@H](O)[C@H](O[C@@H]3[C@@H](O)[C@H](CC(=O)C4(O)CC4N)C[C@H](N)[C@H]3O[C@H]3O[C@H](CNCC4(O)CCNCC4)[C@@H](O)[C@H](O)[C@H]3N)O[C@@H]2CO)[C@H](N)[C@@H](O)[C@@H]1O. The van der Waals surface area contributed by atoms with Gasteiger partial charge >= 0.3 is 0 Å². The highest BCUT2D eigenvalue weighted by Crippen LogP contribution is 2.41. The monoisotopic (exact) mass is 825 g/mol. The van der Waals surface area contributed by atoms with Crippen LogP contribution in [0.15, 0.2) is 0 Å². The van der Waals surface area contributed by atoms with Crippen LogP contribution in [0.5, 0.6) is 0 Å². The van der Waals surface area contributed by atoms with Crippen molar-refractivity contribution in [3.05, 3.63) is 0 Å². The first-order chi connectivity index (χ1) is 26.9. The number of aliphatic hydroxyl groups excluding tert-OH is 7. The number of carbonyl (C=O) groups excluding carboxylic acids is 1. The van der Waals surface area contributed by atoms with Crippen molar-refractivity contribution in [1.29, 1.82) is 0 Å². The second-order valence-electron chi connectivity index (χ2n) is 16.6. The number of nitrogens with one attached hydrogen (secondary N) is 2. The zero-order valence-electron chi connectivity index (χ0n) is 31.6. The predicted molar refractivity (Wildman–Crippen MR) is 192 cm³/mol. The maximum Gasteiger partial charge on any atom is 0.187 e. The Morgan fingerprint density at radius 3 is 1.86 bits per heavy atom. The minimum atomic E-state index is -1.75. The van der Waals surface area contributed by atoms with E-state index in [1.807, 2.05) is 0 Å². The van der Waals surface area contributed by atoms with Gasteiger partial charge in [-0.3, -0.25) is 4.79 Å². The van der Waals surface area contributed by atoms with Gasteiger partial charge in [0.25, 0.3) is 0 Å². The summed E-state index contributed by atoms with van der Waals surface area (Å²) in [5.74, 6) is -1.53. The molecule has 330 valence electrons. The van der Waals surface area contributed by atoms with Crippen LogP contribution in [0.4, 0.5) is 0 Å². The molecule has 4 aliphatic heterocycles. The molecule has 2 unspecified atom stereocenters. The van der Waals surface area contributed by atoms with Crippen LogP contribution in [0, 0.1) is 5.92 Å². The summed E-state index contributed by atoms with van der Waals surface area (Å²) in [4.78, 5) is 13.1. The molecule has 23 heteroatoms. The molecule has 0 bridgehead atoms. The van der Waals surface area contributed by atoms with Gasteiger partial charge in [-0.25, -0.2) is 0 Å². The molecule has 0 spiro atoms. The van der Waals surface area contributed by atoms with Crippen molar-refractivity contribution in [2.24, 2.45) is 34.6 Å². The highest BCUT2D eigenvalue weighted by Gasteiger charge is 2.59. The van der Waals surface area contributed by atoms with Crippen LogP contribution < -0.4 is 39.3 Å². The number of rotatable bonds is 15. The summed E-state index contributed by atoms with van der Waals surface area (Å²) in [6.07, 6.45) is -20.8. The second kappa shape index (κ2) is 18.4. The summed E-state index contributed by atoms with van der Waals surface area (Å²) in [5, 5.41) is 104. The Morgan fingerprint density at radius 2 is 1.28 bits per heavy atom. The van der Waals surface area contributed by atoms with Crippen molar-refractivity contribution in [3.63, 3.8) is 0 Å². The molecule has 2 aliphatic carbocycles. The van der Waals surface area contributed by atoms with E-state index in [0.29, 0.717) is 25.9 Å². The highest BCUT2D eigenvalue weighted by atomic mass is 16.8. The number of Topliss-reactive ketones (excluding diaryl/α,β-unsaturated/α-hetero) is 1. The Hall–Kier alpha value is -1.21. The molecular formula is C34H63N7O16. The number of hydrogen-bond donors (Lipinski definition) is 16. The topological polar surface area (TPSA) is 409 Å². The molecule has 0 aromatic heterocycles. The van der Waals surface area contributed by atoms with Gasteiger partial charge in [0.2, 0.25) is 0 Å². The molecule has 0 amide bonds. The highest BCUT2D eigenvalue weighted by molar-refractivity contribution is 5.91. The van der Waals surface area contributed by atoms with Crippen LogP contribution in [0.2, 0.25) is 0 Å². The average Bonchev–Trinajstić information content (AvgIpc) is 3.71. The van der Waals surface area contributed by atoms with Crippen molar-refractivity contribution in [3.8, 4) is 0 Å². The predicted octanol–water partition coefficient (Wildman–Crippen LogP) is -9.44. The lowest BCUT2D eigenvalue weighted by atomic mass is 9.76. The average molecular weight is 826 g/mol. The number of ether oxygens (including phenoxy) is 6. The molecule has 2 saturated carbocycles. The number of aliphatic hydroxyl groups is 9. The largest absolute Gasteiger partial charge is 0.394 e. The van der Waals surface area contributed by atoms with Crippen LogP contribution in [-0.4, -0.2) is 219 Å². The first kappa shape index (κ1) is 45.3. The smallest absolute Gasteiger partial charge is 0.187 e. The molecular weight excluding hydrogens is 762 g/mol. The maximum atomic E-state index is 13.1. The van der Waals surface area contributed by atoms with E-state index in [-0.39, 0.29) is 38.9 Å². The van der Waals surface area contributed by atoms with E-state index < -0.39 is 146 Å². The van der Waals surface area contributed by atoms with Crippen molar-refractivity contribution in [1.82, 2.24) is 10.6 Å². The van der Waals surface area contributed by atoms with E-state index in [1.54, 1.807) is 0 Å². The Bertz CT molecular complexity index is 1340. The summed E-state index contributed by atoms with van der Waals surface area (Å²) in [5.41, 5.74) is 27.7. The molecule has 23 nitrogen and oxygen atoms in total. The number of carbonyl (C=O) groups is 1. The number of ketones is 1. The summed E-state index contributed by atoms with van der Waals surface area (Å²) in [6, 6.07) is -4.44. The van der Waals surface area contributed by atoms with Crippen molar-refractivity contribution in [2.45, 2.75) is 160 Å². The van der Waals surface area contributed by atoms with Gasteiger partial charge < -0.3 is 114 Å². The molecule has 0 aromatic carbocycles. The van der Waals surface area contributed by atoms with Crippen molar-refractivity contribution < 1.29 is 79.2 Å². The zero-order valence-corrected chi connectivity index (χ0v) is 31.6. The van der Waals surface area contributed by atoms with E-state index in [1.165, 1.54) is 0 Å². The molecule has 4 heterocycles. The van der Waals surface area contributed by atoms with Gasteiger partial charge in [-0.15, -0.1) is 0 Å². The lowest BCUT2D eigenvalue weighted by Crippen LogP contribution is -2.67. The van der Waals surface area contributed by atoms with Gasteiger partial charge in [0, 0.05) is 44.6 Å². The standard InChI is InChI=1S/C34H63N7O16/c35-8-14-22(45)24(47)19(38)30(52-14)56-28-16(10-42)54-32(26(28)49)57-29-21(44)12(6-18(43)34(51)7-17(34)37)5-13(36)27(29)55-31-20(39)25(48)23(46)15(53-31)9-41-11-33(50)1-3-40-4-2-33/h12-17,19-32,40-42,44-51H,1-11,35-39H2/t12-,13-,14-,15+,16+,17?,19+,20+,21-,22+,23+,24+,25+,26+,27+,28+,29+,30+,31+,32-,34?/m0/s1. The van der Waals surface area contributed by atoms with Crippen LogP contribution >= 0.6 is 0 Å². The maximum absolute atomic E-state index is 13.1. The van der Waals surface area contributed by atoms with E-state index >= 15 is 0 Å². The molecule has 0 aromatic rings. The van der Waals surface area contributed by atoms with Gasteiger partial charge in [-0.1, -0.05) is 0 Å². The molecule has 4 saturated heterocycles. The third kappa shape index (κ3) is 9.50. The first-order valence-electron chi connectivity index (χ1n) is 19.7. The minimum absolute atomic E-state index is 0.0164. The third-order valence-corrected chi connectivity index (χ3v) is 12.5. The van der Waals surface area contributed by atoms with Gasteiger partial charge in [-0.05, 0) is 38.3 Å². The normalized spacial score (nSPS) is 50.1. The quantitative estimate of drug-likeness (QED) is 0.0729. The van der Waals surface area contributed by atoms with Crippen LogP contribution in [0.3, 0.4) is 0 Å². The molecule has 6 fully saturated rings. The molecule has 21 atom stereocenters. The summed E-state index contributed by atoms with van der Waals surface area (Å²) in [6.45, 7) is 0.512. The molecule has 0 radical (unpaired) electrons. The fourth-order valence-electron chi connectivity index (χ4n) is 8.51. The molecule has 57 heavy (non-hydrogen) atoms. The fourth-order valence-corrected chi connectivity index (χ4v) is 8.51. The number of piperidine rings is 1. The Labute approximate surface area is 329 Å². The van der Waals surface area contributed by atoms with Gasteiger partial charge in [0.15, 0.2) is 24.7 Å². The zero-order chi connectivity index (χ0) is 41.6. The van der Waals surface area contributed by atoms with Gasteiger partial charge in [0.05, 0.1) is 30.4 Å². The molecule has 21 N–H and O–H groups in total. The molecule has 6 rings (SSSR count). The van der Waals surface area contributed by atoms with Crippen LogP contribution in [-0.2, 0) is 33.2 Å². The summed E-state index contributed by atoms with van der Waals surface area (Å²) < 4.78 is 35.9. The Kier molecular flexibility index (Phi) is 14.6. The lowest BCUT2D eigenvalue weighted by Gasteiger charge is -2.48. The molecule has 6 aliphatic rings. The van der Waals surface area contributed by atoms with Gasteiger partial charge in [0.1, 0.15) is 72.7 Å². The minimum Gasteiger partial charge on any atom is -0.394 e. The number of nitrogens with two attached hydrogens (primary N) is 5. The van der Waals surface area contributed by atoms with E-state index in [4.69, 9.17) is 57.1 Å². The van der Waals surface area contributed by atoms with E-state index in [0.717, 1.165) is 0 Å². The second-order valence-corrected chi connectivity index (χ2v) is 16.6. The van der Waals surface area contributed by atoms with Gasteiger partial charge in [-0.2, -0.15) is 0 Å². The van der Waals surface area contributed by atoms with Crippen LogP contribution in [0.1, 0.15) is 32.1 Å². The fraction of sp³-hybridized carbons (Fsp3) is 0.971. The van der Waals surface area contributed by atoms with Crippen LogP contribution in [0.25, 0.3) is 0 Å². The Morgan fingerprint density at radius 1 is 0.737 bits per heavy atom. The third-order valence-electron chi connectivity index (χ3n) is 12.5. The summed E-state index contributed by atoms with van der Waals surface area (Å²) in [7, 11) is 0.